The highest BCUT2D eigenvalue weighted by atomic mass is 16.5. The van der Waals surface area contributed by atoms with Crippen LogP contribution < -0.4 is 9.30 Å². The van der Waals surface area contributed by atoms with E-state index in [1.165, 1.54) is 5.56 Å². The summed E-state index contributed by atoms with van der Waals surface area (Å²) in [6, 6.07) is 35.2. The van der Waals surface area contributed by atoms with Crippen LogP contribution in [0.5, 0.6) is 5.75 Å². The third-order valence-corrected chi connectivity index (χ3v) is 4.52. The number of pyridine rings is 1. The van der Waals surface area contributed by atoms with Crippen LogP contribution in [0.25, 0.3) is 0 Å². The quantitative estimate of drug-likeness (QED) is 0.435. The lowest BCUT2D eigenvalue weighted by atomic mass is 10.0. The monoisotopic (exact) mass is 352 g/mol. The summed E-state index contributed by atoms with van der Waals surface area (Å²) < 4.78 is 8.54. The highest BCUT2D eigenvalue weighted by molar-refractivity contribution is 5.34. The van der Waals surface area contributed by atoms with E-state index in [1.54, 1.807) is 0 Å². The first-order chi connectivity index (χ1) is 13.4. The minimum atomic E-state index is -0.123. The Morgan fingerprint density at radius 2 is 1.11 bits per heavy atom. The lowest BCUT2D eigenvalue weighted by Crippen LogP contribution is -2.32. The number of benzene rings is 3. The maximum atomic E-state index is 6.38. The van der Waals surface area contributed by atoms with Gasteiger partial charge in [0.2, 0.25) is 0 Å². The summed E-state index contributed by atoms with van der Waals surface area (Å²) >= 11 is 0. The Bertz CT molecular complexity index is 912. The summed E-state index contributed by atoms with van der Waals surface area (Å²) in [5.41, 5.74) is 3.54. The Morgan fingerprint density at radius 3 is 1.67 bits per heavy atom. The summed E-state index contributed by atoms with van der Waals surface area (Å²) in [5, 5.41) is 0. The van der Waals surface area contributed by atoms with Gasteiger partial charge in [0.05, 0.1) is 0 Å². The first kappa shape index (κ1) is 17.0. The van der Waals surface area contributed by atoms with E-state index in [4.69, 9.17) is 4.74 Å². The topological polar surface area (TPSA) is 13.1 Å². The van der Waals surface area contributed by atoms with Crippen molar-refractivity contribution in [1.82, 2.24) is 0 Å². The molecule has 4 rings (SSSR count). The van der Waals surface area contributed by atoms with E-state index in [0.717, 1.165) is 23.4 Å². The molecule has 3 aromatic carbocycles. The molecule has 4 aromatic rings. The van der Waals surface area contributed by atoms with Gasteiger partial charge in [0.15, 0.2) is 18.9 Å². The van der Waals surface area contributed by atoms with Crippen LogP contribution in [0, 0.1) is 0 Å². The van der Waals surface area contributed by atoms with E-state index < -0.39 is 0 Å². The lowest BCUT2D eigenvalue weighted by molar-refractivity contribution is -0.688. The van der Waals surface area contributed by atoms with Crippen LogP contribution in [0.4, 0.5) is 0 Å². The molecule has 27 heavy (non-hydrogen) atoms. The summed E-state index contributed by atoms with van der Waals surface area (Å²) in [5.74, 6) is 0.870. The molecule has 0 aliphatic rings. The van der Waals surface area contributed by atoms with Crippen molar-refractivity contribution in [2.24, 2.45) is 0 Å². The fourth-order valence-corrected chi connectivity index (χ4v) is 3.14. The zero-order valence-electron chi connectivity index (χ0n) is 15.1. The molecule has 0 N–H and O–H groups in total. The number of hydrogen-bond donors (Lipinski definition) is 0. The second kappa shape index (κ2) is 8.33. The van der Waals surface area contributed by atoms with Gasteiger partial charge in [-0.1, -0.05) is 66.7 Å². The van der Waals surface area contributed by atoms with Crippen molar-refractivity contribution >= 4 is 0 Å². The highest BCUT2D eigenvalue weighted by Crippen LogP contribution is 2.28. The van der Waals surface area contributed by atoms with Gasteiger partial charge in [-0.2, -0.15) is 0 Å². The third-order valence-electron chi connectivity index (χ3n) is 4.52. The van der Waals surface area contributed by atoms with E-state index in [0.29, 0.717) is 0 Å². The van der Waals surface area contributed by atoms with Crippen LogP contribution >= 0.6 is 0 Å². The number of aromatic nitrogens is 1. The normalized spacial score (nSPS) is 10.7. The van der Waals surface area contributed by atoms with E-state index in [-0.39, 0.29) is 6.10 Å². The van der Waals surface area contributed by atoms with Gasteiger partial charge >= 0.3 is 0 Å². The standard InChI is InChI=1S/C25H22NO/c1-4-10-22(11-5-1)25(23-12-6-2-7-13-23)27-24-16-14-21(15-17-24)20-26-18-8-3-9-19-26/h1-19,25H,20H2/q+1. The predicted molar refractivity (Wildman–Crippen MR) is 108 cm³/mol. The molecule has 0 amide bonds. The van der Waals surface area contributed by atoms with Crippen molar-refractivity contribution in [3.8, 4) is 5.75 Å². The van der Waals surface area contributed by atoms with Crippen LogP contribution in [0.1, 0.15) is 22.8 Å². The minimum absolute atomic E-state index is 0.123. The molecule has 0 saturated carbocycles. The van der Waals surface area contributed by atoms with Crippen LogP contribution in [-0.4, -0.2) is 0 Å². The summed E-state index contributed by atoms with van der Waals surface area (Å²) in [7, 11) is 0. The molecule has 2 nitrogen and oxygen atoms in total. The third kappa shape index (κ3) is 4.42. The van der Waals surface area contributed by atoms with Gasteiger partial charge < -0.3 is 4.74 Å². The average molecular weight is 352 g/mol. The molecule has 0 unspecified atom stereocenters. The van der Waals surface area contributed by atoms with E-state index in [1.807, 2.05) is 30.3 Å². The maximum Gasteiger partial charge on any atom is 0.173 e. The molecule has 0 saturated heterocycles. The number of nitrogens with zero attached hydrogens (tertiary/aromatic N) is 1. The first-order valence-corrected chi connectivity index (χ1v) is 9.18. The molecular weight excluding hydrogens is 330 g/mol. The largest absolute Gasteiger partial charge is 0.481 e. The fraction of sp³-hybridized carbons (Fsp3) is 0.0800. The summed E-state index contributed by atoms with van der Waals surface area (Å²) in [4.78, 5) is 0. The molecule has 0 atom stereocenters. The molecule has 0 aliphatic carbocycles. The first-order valence-electron chi connectivity index (χ1n) is 9.18. The lowest BCUT2D eigenvalue weighted by Gasteiger charge is -2.20. The van der Waals surface area contributed by atoms with Gasteiger partial charge in [-0.15, -0.1) is 0 Å². The molecule has 2 heteroatoms. The molecule has 0 bridgehead atoms. The Morgan fingerprint density at radius 1 is 0.593 bits per heavy atom. The molecule has 0 radical (unpaired) electrons. The maximum absolute atomic E-state index is 6.38. The SMILES string of the molecule is c1ccc(C(Oc2ccc(C[n+]3ccccc3)cc2)c2ccccc2)cc1. The van der Waals surface area contributed by atoms with Crippen molar-refractivity contribution in [2.75, 3.05) is 0 Å². The van der Waals surface area contributed by atoms with Crippen molar-refractivity contribution in [1.29, 1.82) is 0 Å². The second-order valence-electron chi connectivity index (χ2n) is 6.51. The van der Waals surface area contributed by atoms with E-state index in [2.05, 4.69) is 89.8 Å². The van der Waals surface area contributed by atoms with Crippen molar-refractivity contribution in [3.05, 3.63) is 132 Å². The van der Waals surface area contributed by atoms with Gasteiger partial charge in [0.25, 0.3) is 0 Å². The van der Waals surface area contributed by atoms with Crippen LogP contribution in [0.15, 0.2) is 116 Å². The highest BCUT2D eigenvalue weighted by Gasteiger charge is 2.15. The van der Waals surface area contributed by atoms with Crippen molar-refractivity contribution < 1.29 is 9.30 Å². The van der Waals surface area contributed by atoms with Crippen molar-refractivity contribution in [3.63, 3.8) is 0 Å². The minimum Gasteiger partial charge on any atom is -0.481 e. The zero-order valence-corrected chi connectivity index (χ0v) is 15.1. The summed E-state index contributed by atoms with van der Waals surface area (Å²) in [6.45, 7) is 0.849. The van der Waals surface area contributed by atoms with Gasteiger partial charge in [0.1, 0.15) is 11.9 Å². The second-order valence-corrected chi connectivity index (χ2v) is 6.51. The number of hydrogen-bond acceptors (Lipinski definition) is 1. The Balaban J connectivity index is 1.55. The molecule has 1 aromatic heterocycles. The van der Waals surface area contributed by atoms with Crippen LogP contribution in [0.2, 0.25) is 0 Å². The Labute approximate surface area is 160 Å². The Kier molecular flexibility index (Phi) is 5.26. The van der Waals surface area contributed by atoms with E-state index >= 15 is 0 Å². The Hall–Kier alpha value is -3.39. The van der Waals surface area contributed by atoms with Gasteiger partial charge in [0, 0.05) is 17.7 Å². The molecule has 0 spiro atoms. The smallest absolute Gasteiger partial charge is 0.173 e. The van der Waals surface area contributed by atoms with E-state index in [9.17, 15) is 0 Å². The van der Waals surface area contributed by atoms with Crippen LogP contribution in [-0.2, 0) is 6.54 Å². The predicted octanol–water partition coefficient (Wildman–Crippen LogP) is 5.19. The van der Waals surface area contributed by atoms with Gasteiger partial charge in [-0.05, 0) is 35.4 Å². The molecule has 1 heterocycles. The number of rotatable bonds is 6. The zero-order chi connectivity index (χ0) is 18.3. The average Bonchev–Trinajstić information content (AvgIpc) is 2.75. The molecule has 132 valence electrons. The van der Waals surface area contributed by atoms with Gasteiger partial charge in [-0.3, -0.25) is 0 Å². The molecular formula is C25H22NO+. The fourth-order valence-electron chi connectivity index (χ4n) is 3.14. The molecule has 0 aliphatic heterocycles. The number of ether oxygens (including phenoxy) is 1. The van der Waals surface area contributed by atoms with Gasteiger partial charge in [-0.25, -0.2) is 4.57 Å². The van der Waals surface area contributed by atoms with Crippen molar-refractivity contribution in [2.45, 2.75) is 12.6 Å². The molecule has 0 fully saturated rings. The van der Waals surface area contributed by atoms with Crippen LogP contribution in [0.3, 0.4) is 0 Å². The summed E-state index contributed by atoms with van der Waals surface area (Å²) in [6.07, 6.45) is 4.03.